The Morgan fingerprint density at radius 3 is 2.63 bits per heavy atom. The Balaban J connectivity index is 2.40. The molecule has 0 amide bonds. The number of anilines is 1. The topological polar surface area (TPSA) is 84.8 Å². The van der Waals surface area contributed by atoms with Gasteiger partial charge in [-0.15, -0.1) is 0 Å². The molecule has 0 atom stereocenters. The Hall–Kier alpha value is -0.770. The maximum Gasteiger partial charge on any atom is 0.266 e. The Bertz CT molecular complexity index is 726. The molecule has 6 nitrogen and oxygen atoms in total. The van der Waals surface area contributed by atoms with Crippen molar-refractivity contribution in [3.05, 3.63) is 38.9 Å². The van der Waals surface area contributed by atoms with Crippen molar-refractivity contribution in [1.29, 1.82) is 0 Å². The summed E-state index contributed by atoms with van der Waals surface area (Å²) in [5, 5.41) is -0.115. The van der Waals surface area contributed by atoms with Gasteiger partial charge in [-0.2, -0.15) is 0 Å². The maximum atomic E-state index is 12.1. The highest BCUT2D eigenvalue weighted by Gasteiger charge is 2.20. The molecule has 2 aromatic rings. The van der Waals surface area contributed by atoms with Crippen molar-refractivity contribution in [2.75, 3.05) is 4.72 Å². The zero-order valence-corrected chi connectivity index (χ0v) is 13.8. The number of rotatable bonds is 3. The molecule has 2 aromatic heterocycles. The van der Waals surface area contributed by atoms with Gasteiger partial charge in [-0.05, 0) is 44.0 Å². The number of hydrogen-bond acceptors (Lipinski definition) is 5. The number of aromatic nitrogens is 3. The van der Waals surface area contributed by atoms with Crippen LogP contribution in [0.4, 0.5) is 5.82 Å². The Morgan fingerprint density at radius 2 is 2.00 bits per heavy atom. The van der Waals surface area contributed by atoms with E-state index in [0.29, 0.717) is 4.60 Å². The highest BCUT2D eigenvalue weighted by atomic mass is 79.9. The summed E-state index contributed by atoms with van der Waals surface area (Å²) in [6.07, 6.45) is 2.77. The van der Waals surface area contributed by atoms with Crippen LogP contribution in [0.3, 0.4) is 0 Å². The van der Waals surface area contributed by atoms with E-state index in [4.69, 9.17) is 11.6 Å². The number of halogens is 3. The molecule has 0 aliphatic carbocycles. The quantitative estimate of drug-likeness (QED) is 0.760. The number of nitrogens with zero attached hydrogens (tertiary/aromatic N) is 3. The third-order valence-electron chi connectivity index (χ3n) is 1.95. The van der Waals surface area contributed by atoms with Crippen LogP contribution < -0.4 is 4.72 Å². The van der Waals surface area contributed by atoms with E-state index in [1.165, 1.54) is 24.5 Å². The molecular formula is C9H5Br2ClN4O2S. The molecule has 0 fully saturated rings. The van der Waals surface area contributed by atoms with Crippen LogP contribution in [0, 0.1) is 0 Å². The van der Waals surface area contributed by atoms with E-state index in [1.54, 1.807) is 0 Å². The van der Waals surface area contributed by atoms with Gasteiger partial charge in [0.15, 0.2) is 10.4 Å². The summed E-state index contributed by atoms with van der Waals surface area (Å²) in [4.78, 5) is 11.5. The van der Waals surface area contributed by atoms with E-state index in [-0.39, 0.29) is 20.5 Å². The van der Waals surface area contributed by atoms with Crippen LogP contribution in [0.5, 0.6) is 0 Å². The van der Waals surface area contributed by atoms with Gasteiger partial charge in [-0.1, -0.05) is 11.6 Å². The first kappa shape index (κ1) is 14.6. The smallest absolute Gasteiger partial charge is 0.261 e. The first-order chi connectivity index (χ1) is 8.90. The van der Waals surface area contributed by atoms with Crippen molar-refractivity contribution in [2.24, 2.45) is 0 Å². The van der Waals surface area contributed by atoms with Crippen LogP contribution in [0.15, 0.2) is 38.6 Å². The normalized spacial score (nSPS) is 11.3. The summed E-state index contributed by atoms with van der Waals surface area (Å²) < 4.78 is 27.3. The molecule has 19 heavy (non-hydrogen) atoms. The summed E-state index contributed by atoms with van der Waals surface area (Å²) in [5.74, 6) is 0.0584. The lowest BCUT2D eigenvalue weighted by atomic mass is 10.5. The van der Waals surface area contributed by atoms with E-state index in [2.05, 4.69) is 51.5 Å². The summed E-state index contributed by atoms with van der Waals surface area (Å²) in [6, 6.07) is 2.82. The molecule has 0 aliphatic rings. The Labute approximate surface area is 130 Å². The van der Waals surface area contributed by atoms with Crippen molar-refractivity contribution < 1.29 is 8.42 Å². The average molecular weight is 428 g/mol. The number of pyridine rings is 1. The minimum absolute atomic E-state index is 0.0584. The summed E-state index contributed by atoms with van der Waals surface area (Å²) in [5.41, 5.74) is 0. The maximum absolute atomic E-state index is 12.1. The molecule has 0 aromatic carbocycles. The zero-order valence-electron chi connectivity index (χ0n) is 9.01. The molecule has 0 bridgehead atoms. The van der Waals surface area contributed by atoms with Crippen molar-refractivity contribution in [3.8, 4) is 0 Å². The predicted molar refractivity (Wildman–Crippen MR) is 77.5 cm³/mol. The van der Waals surface area contributed by atoms with Gasteiger partial charge < -0.3 is 0 Å². The molecule has 0 saturated carbocycles. The van der Waals surface area contributed by atoms with E-state index in [1.807, 2.05) is 0 Å². The van der Waals surface area contributed by atoms with Crippen molar-refractivity contribution in [3.63, 3.8) is 0 Å². The Kier molecular flexibility index (Phi) is 4.39. The number of hydrogen-bond donors (Lipinski definition) is 1. The monoisotopic (exact) mass is 426 g/mol. The van der Waals surface area contributed by atoms with Crippen LogP contribution in [-0.2, 0) is 10.0 Å². The van der Waals surface area contributed by atoms with Gasteiger partial charge in [0.05, 0.1) is 6.20 Å². The van der Waals surface area contributed by atoms with Gasteiger partial charge in [0, 0.05) is 6.20 Å². The Morgan fingerprint density at radius 1 is 1.26 bits per heavy atom. The minimum Gasteiger partial charge on any atom is -0.261 e. The van der Waals surface area contributed by atoms with Gasteiger partial charge in [0.2, 0.25) is 0 Å². The van der Waals surface area contributed by atoms with Crippen molar-refractivity contribution in [1.82, 2.24) is 15.0 Å². The second-order valence-electron chi connectivity index (χ2n) is 3.23. The molecule has 10 heteroatoms. The van der Waals surface area contributed by atoms with Crippen LogP contribution in [0.2, 0.25) is 5.15 Å². The van der Waals surface area contributed by atoms with Gasteiger partial charge in [0.1, 0.15) is 14.7 Å². The van der Waals surface area contributed by atoms with Crippen molar-refractivity contribution in [2.45, 2.75) is 4.90 Å². The highest BCUT2D eigenvalue weighted by molar-refractivity contribution is 9.11. The zero-order chi connectivity index (χ0) is 14.0. The lowest BCUT2D eigenvalue weighted by molar-refractivity contribution is 0.600. The fourth-order valence-corrected chi connectivity index (χ4v) is 3.68. The van der Waals surface area contributed by atoms with Crippen LogP contribution in [-0.4, -0.2) is 23.4 Å². The first-order valence-corrected chi connectivity index (χ1v) is 8.16. The highest BCUT2D eigenvalue weighted by Crippen LogP contribution is 2.24. The molecular weight excluding hydrogens is 423 g/mol. The van der Waals surface area contributed by atoms with Crippen LogP contribution >= 0.6 is 43.5 Å². The van der Waals surface area contributed by atoms with E-state index in [0.717, 1.165) is 0 Å². The molecule has 0 saturated heterocycles. The largest absolute Gasteiger partial charge is 0.266 e. The second kappa shape index (κ2) is 5.70. The molecule has 0 radical (unpaired) electrons. The van der Waals surface area contributed by atoms with Crippen LogP contribution in [0.1, 0.15) is 0 Å². The lowest BCUT2D eigenvalue weighted by Gasteiger charge is -2.09. The predicted octanol–water partition coefficient (Wildman–Crippen LogP) is 2.85. The van der Waals surface area contributed by atoms with Gasteiger partial charge in [0.25, 0.3) is 10.0 Å². The van der Waals surface area contributed by atoms with Gasteiger partial charge in [-0.25, -0.2) is 23.4 Å². The molecule has 2 rings (SSSR count). The standard InChI is InChI=1S/C9H5Br2ClN4O2S/c10-6-4-14-9(7(11)15-6)16-19(17,18)5-2-1-3-13-8(5)12/h1-4H,(H,14,16). The molecule has 2 heterocycles. The summed E-state index contributed by atoms with van der Waals surface area (Å²) in [6.45, 7) is 0. The lowest BCUT2D eigenvalue weighted by Crippen LogP contribution is -2.15. The second-order valence-corrected chi connectivity index (χ2v) is 6.80. The molecule has 0 unspecified atom stereocenters. The number of sulfonamides is 1. The average Bonchev–Trinajstić information content (AvgIpc) is 2.33. The molecule has 0 spiro atoms. The van der Waals surface area contributed by atoms with E-state index in [9.17, 15) is 8.42 Å². The first-order valence-electron chi connectivity index (χ1n) is 4.71. The van der Waals surface area contributed by atoms with E-state index < -0.39 is 10.0 Å². The third kappa shape index (κ3) is 3.41. The molecule has 100 valence electrons. The summed E-state index contributed by atoms with van der Waals surface area (Å²) in [7, 11) is -3.87. The molecule has 1 N–H and O–H groups in total. The van der Waals surface area contributed by atoms with Crippen molar-refractivity contribution >= 4 is 59.3 Å². The summed E-state index contributed by atoms with van der Waals surface area (Å²) >= 11 is 12.0. The van der Waals surface area contributed by atoms with Crippen LogP contribution in [0.25, 0.3) is 0 Å². The fraction of sp³-hybridized carbons (Fsp3) is 0. The van der Waals surface area contributed by atoms with Gasteiger partial charge >= 0.3 is 0 Å². The SMILES string of the molecule is O=S(=O)(Nc1ncc(Br)nc1Br)c1cccnc1Cl. The van der Waals surface area contributed by atoms with E-state index >= 15 is 0 Å². The third-order valence-corrected chi connectivity index (χ3v) is 4.66. The fourth-order valence-electron chi connectivity index (χ4n) is 1.17. The molecule has 0 aliphatic heterocycles. The minimum atomic E-state index is -3.87. The van der Waals surface area contributed by atoms with Gasteiger partial charge in [-0.3, -0.25) is 4.72 Å². The number of nitrogens with one attached hydrogen (secondary N) is 1.